The molecule has 0 fully saturated rings. The van der Waals surface area contributed by atoms with Crippen molar-refractivity contribution in [1.29, 1.82) is 5.26 Å². The van der Waals surface area contributed by atoms with Gasteiger partial charge in [0.25, 0.3) is 0 Å². The van der Waals surface area contributed by atoms with E-state index in [1.807, 2.05) is 31.2 Å². The molecule has 2 aromatic rings. The summed E-state index contributed by atoms with van der Waals surface area (Å²) in [6.07, 6.45) is 1.64. The number of benzene rings is 1. The summed E-state index contributed by atoms with van der Waals surface area (Å²) in [4.78, 5) is 4.08. The van der Waals surface area contributed by atoms with Gasteiger partial charge in [-0.15, -0.1) is 0 Å². The van der Waals surface area contributed by atoms with Crippen LogP contribution in [0.4, 0.5) is 0 Å². The van der Waals surface area contributed by atoms with E-state index in [-0.39, 0.29) is 0 Å². The van der Waals surface area contributed by atoms with Gasteiger partial charge in [-0.1, -0.05) is 0 Å². The Balaban J connectivity index is 2.34. The lowest BCUT2D eigenvalue weighted by Gasteiger charge is -2.07. The Hall–Kier alpha value is -1.61. The van der Waals surface area contributed by atoms with Crippen LogP contribution in [0.25, 0.3) is 0 Å². The molecule has 0 saturated carbocycles. The molecule has 1 heterocycles. The summed E-state index contributed by atoms with van der Waals surface area (Å²) >= 11 is 2.22. The van der Waals surface area contributed by atoms with E-state index in [4.69, 9.17) is 10.00 Å². The first kappa shape index (κ1) is 11.9. The van der Waals surface area contributed by atoms with Crippen LogP contribution < -0.4 is 4.74 Å². The molecule has 0 saturated heterocycles. The lowest BCUT2D eigenvalue weighted by Crippen LogP contribution is -1.94. The van der Waals surface area contributed by atoms with E-state index in [1.165, 1.54) is 0 Å². The van der Waals surface area contributed by atoms with Gasteiger partial charge in [-0.3, -0.25) is 0 Å². The number of nitriles is 1. The predicted molar refractivity (Wildman–Crippen MR) is 72.9 cm³/mol. The van der Waals surface area contributed by atoms with Crippen molar-refractivity contribution in [2.24, 2.45) is 0 Å². The molecule has 17 heavy (non-hydrogen) atoms. The highest BCUT2D eigenvalue weighted by molar-refractivity contribution is 14.1. The summed E-state index contributed by atoms with van der Waals surface area (Å²) in [6.45, 7) is 1.86. The molecule has 2 rings (SSSR count). The van der Waals surface area contributed by atoms with Gasteiger partial charge in [-0.05, 0) is 65.4 Å². The summed E-state index contributed by atoms with van der Waals surface area (Å²) in [5.74, 6) is 1.04. The lowest BCUT2D eigenvalue weighted by molar-refractivity contribution is 0.460. The number of ether oxygens (including phenoxy) is 1. The summed E-state index contributed by atoms with van der Waals surface area (Å²) in [5.41, 5.74) is 1.34. The van der Waals surface area contributed by atoms with Crippen LogP contribution in [-0.4, -0.2) is 4.98 Å². The summed E-state index contributed by atoms with van der Waals surface area (Å²) in [6, 6.07) is 11.5. The first-order valence-electron chi connectivity index (χ1n) is 5.00. The van der Waals surface area contributed by atoms with Gasteiger partial charge in [-0.2, -0.15) is 5.26 Å². The minimum atomic E-state index is 0.355. The molecule has 4 heteroatoms. The zero-order chi connectivity index (χ0) is 12.3. The van der Waals surface area contributed by atoms with Gasteiger partial charge in [0.1, 0.15) is 17.4 Å². The van der Waals surface area contributed by atoms with Crippen LogP contribution in [0.1, 0.15) is 11.1 Å². The first-order chi connectivity index (χ1) is 8.20. The maximum atomic E-state index is 9.05. The van der Waals surface area contributed by atoms with Crippen LogP contribution in [0.2, 0.25) is 0 Å². The third-order valence-electron chi connectivity index (χ3n) is 2.26. The van der Waals surface area contributed by atoms with Crippen molar-refractivity contribution in [3.8, 4) is 17.7 Å². The topological polar surface area (TPSA) is 45.9 Å². The second kappa shape index (κ2) is 5.15. The molecule has 84 valence electrons. The Bertz CT molecular complexity index is 573. The molecule has 1 aromatic heterocycles. The molecule has 0 spiro atoms. The second-order valence-electron chi connectivity index (χ2n) is 3.48. The maximum absolute atomic E-state index is 9.05. The quantitative estimate of drug-likeness (QED) is 0.787. The summed E-state index contributed by atoms with van der Waals surface area (Å²) in [5, 5.41) is 9.05. The Labute approximate surface area is 113 Å². The zero-order valence-electron chi connectivity index (χ0n) is 9.14. The van der Waals surface area contributed by atoms with E-state index in [1.54, 1.807) is 12.3 Å². The van der Waals surface area contributed by atoms with Gasteiger partial charge >= 0.3 is 0 Å². The van der Waals surface area contributed by atoms with E-state index in [0.29, 0.717) is 17.2 Å². The Morgan fingerprint density at radius 3 is 2.59 bits per heavy atom. The van der Waals surface area contributed by atoms with Crippen molar-refractivity contribution in [3.63, 3.8) is 0 Å². The van der Waals surface area contributed by atoms with Crippen molar-refractivity contribution in [1.82, 2.24) is 4.98 Å². The highest BCUT2D eigenvalue weighted by Gasteiger charge is 2.08. The molecule has 0 aliphatic carbocycles. The highest BCUT2D eigenvalue weighted by atomic mass is 127. The molecule has 0 bridgehead atoms. The summed E-state index contributed by atoms with van der Waals surface area (Å²) < 4.78 is 6.73. The third kappa shape index (κ3) is 2.74. The number of aryl methyl sites for hydroxylation is 1. The SMILES string of the molecule is Cc1ccnc(Oc2ccc(I)cc2)c1C#N. The number of pyridine rings is 1. The fourth-order valence-electron chi connectivity index (χ4n) is 1.36. The Morgan fingerprint density at radius 1 is 1.24 bits per heavy atom. The molecule has 0 aliphatic heterocycles. The van der Waals surface area contributed by atoms with Crippen LogP contribution >= 0.6 is 22.6 Å². The largest absolute Gasteiger partial charge is 0.438 e. The molecule has 0 N–H and O–H groups in total. The number of hydrogen-bond donors (Lipinski definition) is 0. The highest BCUT2D eigenvalue weighted by Crippen LogP contribution is 2.24. The standard InChI is InChI=1S/C13H9IN2O/c1-9-6-7-16-13(12(9)8-15)17-11-4-2-10(14)3-5-11/h2-7H,1H3. The van der Waals surface area contributed by atoms with Crippen molar-refractivity contribution >= 4 is 22.6 Å². The van der Waals surface area contributed by atoms with Gasteiger partial charge in [0, 0.05) is 9.77 Å². The van der Waals surface area contributed by atoms with E-state index in [2.05, 4.69) is 33.6 Å². The molecule has 0 atom stereocenters. The molecule has 0 unspecified atom stereocenters. The molecular formula is C13H9IN2O. The normalized spacial score (nSPS) is 9.71. The number of nitrogens with zero attached hydrogens (tertiary/aromatic N) is 2. The second-order valence-corrected chi connectivity index (χ2v) is 4.72. The van der Waals surface area contributed by atoms with E-state index >= 15 is 0 Å². The molecular weight excluding hydrogens is 327 g/mol. The van der Waals surface area contributed by atoms with Crippen LogP contribution in [0, 0.1) is 21.8 Å². The third-order valence-corrected chi connectivity index (χ3v) is 2.98. The van der Waals surface area contributed by atoms with Gasteiger partial charge in [0.15, 0.2) is 0 Å². The van der Waals surface area contributed by atoms with Crippen molar-refractivity contribution in [2.75, 3.05) is 0 Å². The zero-order valence-corrected chi connectivity index (χ0v) is 11.3. The number of aromatic nitrogens is 1. The average Bonchev–Trinajstić information content (AvgIpc) is 2.32. The Kier molecular flexibility index (Phi) is 3.59. The summed E-state index contributed by atoms with van der Waals surface area (Å²) in [7, 11) is 0. The number of rotatable bonds is 2. The molecule has 0 amide bonds. The van der Waals surface area contributed by atoms with Gasteiger partial charge in [0.2, 0.25) is 5.88 Å². The van der Waals surface area contributed by atoms with E-state index < -0.39 is 0 Å². The van der Waals surface area contributed by atoms with Crippen LogP contribution in [0.15, 0.2) is 36.5 Å². The van der Waals surface area contributed by atoms with E-state index in [0.717, 1.165) is 9.13 Å². The maximum Gasteiger partial charge on any atom is 0.237 e. The lowest BCUT2D eigenvalue weighted by atomic mass is 10.2. The average molecular weight is 336 g/mol. The molecule has 0 radical (unpaired) electrons. The minimum absolute atomic E-state index is 0.355. The van der Waals surface area contributed by atoms with Crippen molar-refractivity contribution in [3.05, 3.63) is 51.2 Å². The number of hydrogen-bond acceptors (Lipinski definition) is 3. The molecule has 1 aromatic carbocycles. The van der Waals surface area contributed by atoms with Crippen LogP contribution in [-0.2, 0) is 0 Å². The van der Waals surface area contributed by atoms with Gasteiger partial charge in [0.05, 0.1) is 0 Å². The molecule has 3 nitrogen and oxygen atoms in total. The first-order valence-corrected chi connectivity index (χ1v) is 6.07. The van der Waals surface area contributed by atoms with Gasteiger partial charge < -0.3 is 4.74 Å². The van der Waals surface area contributed by atoms with Crippen molar-refractivity contribution < 1.29 is 4.74 Å². The monoisotopic (exact) mass is 336 g/mol. The number of halogens is 1. The molecule has 0 aliphatic rings. The smallest absolute Gasteiger partial charge is 0.237 e. The van der Waals surface area contributed by atoms with Crippen molar-refractivity contribution in [2.45, 2.75) is 6.92 Å². The van der Waals surface area contributed by atoms with Crippen LogP contribution in [0.5, 0.6) is 11.6 Å². The van der Waals surface area contributed by atoms with Gasteiger partial charge in [-0.25, -0.2) is 4.98 Å². The minimum Gasteiger partial charge on any atom is -0.438 e. The predicted octanol–water partition coefficient (Wildman–Crippen LogP) is 3.66. The Morgan fingerprint density at radius 2 is 1.94 bits per heavy atom. The fourth-order valence-corrected chi connectivity index (χ4v) is 1.72. The van der Waals surface area contributed by atoms with E-state index in [9.17, 15) is 0 Å². The van der Waals surface area contributed by atoms with Crippen LogP contribution in [0.3, 0.4) is 0 Å². The fraction of sp³-hybridized carbons (Fsp3) is 0.0769.